The van der Waals surface area contributed by atoms with E-state index in [4.69, 9.17) is 4.98 Å². The largest absolute Gasteiger partial charge is 0.345 e. The van der Waals surface area contributed by atoms with Crippen molar-refractivity contribution in [2.24, 2.45) is 0 Å². The molecule has 1 aliphatic heterocycles. The summed E-state index contributed by atoms with van der Waals surface area (Å²) in [6.45, 7) is 5.47. The molecule has 3 aromatic heterocycles. The number of aromatic nitrogens is 4. The minimum absolute atomic E-state index is 0.0180. The zero-order valence-electron chi connectivity index (χ0n) is 17.3. The van der Waals surface area contributed by atoms with Crippen LogP contribution in [0.5, 0.6) is 0 Å². The topological polar surface area (TPSA) is 86.8 Å². The number of carbonyl (C=O) groups is 1. The van der Waals surface area contributed by atoms with Crippen LogP contribution in [0.25, 0.3) is 6.08 Å². The van der Waals surface area contributed by atoms with E-state index in [2.05, 4.69) is 26.3 Å². The Hall–Kier alpha value is -3.48. The average molecular weight is 403 g/mol. The highest BCUT2D eigenvalue weighted by atomic mass is 16.2. The fourth-order valence-corrected chi connectivity index (χ4v) is 3.77. The van der Waals surface area contributed by atoms with Crippen molar-refractivity contribution in [3.8, 4) is 0 Å². The van der Waals surface area contributed by atoms with Crippen molar-refractivity contribution in [3.05, 3.63) is 71.7 Å². The molecule has 1 unspecified atom stereocenters. The molecule has 0 radical (unpaired) electrons. The molecule has 1 fully saturated rings. The van der Waals surface area contributed by atoms with Crippen LogP contribution in [0.4, 0.5) is 11.5 Å². The Bertz CT molecular complexity index is 1040. The van der Waals surface area contributed by atoms with E-state index in [-0.39, 0.29) is 11.8 Å². The Kier molecular flexibility index (Phi) is 5.88. The van der Waals surface area contributed by atoms with Crippen LogP contribution in [0.15, 0.2) is 49.1 Å². The van der Waals surface area contributed by atoms with Crippen molar-refractivity contribution < 1.29 is 4.79 Å². The molecule has 30 heavy (non-hydrogen) atoms. The summed E-state index contributed by atoms with van der Waals surface area (Å²) in [5.41, 5.74) is 4.85. The van der Waals surface area contributed by atoms with Crippen LogP contribution < -0.4 is 5.32 Å². The molecule has 1 aliphatic rings. The van der Waals surface area contributed by atoms with Gasteiger partial charge < -0.3 is 15.2 Å². The van der Waals surface area contributed by atoms with E-state index < -0.39 is 0 Å². The van der Waals surface area contributed by atoms with E-state index in [1.165, 1.54) is 0 Å². The fourth-order valence-electron chi connectivity index (χ4n) is 3.77. The summed E-state index contributed by atoms with van der Waals surface area (Å²) in [5.74, 6) is 1.08. The van der Waals surface area contributed by atoms with Crippen molar-refractivity contribution >= 4 is 23.5 Å². The first-order valence-corrected chi connectivity index (χ1v) is 10.2. The van der Waals surface area contributed by atoms with Crippen molar-refractivity contribution in [2.75, 3.05) is 18.4 Å². The van der Waals surface area contributed by atoms with Crippen LogP contribution >= 0.6 is 0 Å². The van der Waals surface area contributed by atoms with Crippen LogP contribution in [0.1, 0.15) is 41.4 Å². The summed E-state index contributed by atoms with van der Waals surface area (Å²) >= 11 is 0. The second kappa shape index (κ2) is 8.90. The molecule has 7 heteroatoms. The fraction of sp³-hybridized carbons (Fsp3) is 0.304. The number of nitrogens with zero attached hydrogens (tertiary/aromatic N) is 4. The first kappa shape index (κ1) is 19.8. The van der Waals surface area contributed by atoms with Crippen LogP contribution in [0.2, 0.25) is 0 Å². The number of H-pyrrole nitrogens is 1. The van der Waals surface area contributed by atoms with Gasteiger partial charge in [0.1, 0.15) is 5.82 Å². The highest BCUT2D eigenvalue weighted by Gasteiger charge is 2.25. The van der Waals surface area contributed by atoms with Gasteiger partial charge in [-0.3, -0.25) is 9.78 Å². The van der Waals surface area contributed by atoms with Crippen LogP contribution in [-0.4, -0.2) is 43.8 Å². The molecule has 0 aromatic carbocycles. The average Bonchev–Trinajstić information content (AvgIpc) is 3.27. The Morgan fingerprint density at radius 2 is 2.23 bits per heavy atom. The number of amides is 1. The molecule has 2 N–H and O–H groups in total. The number of imidazole rings is 1. The van der Waals surface area contributed by atoms with Gasteiger partial charge in [0.15, 0.2) is 0 Å². The highest BCUT2D eigenvalue weighted by Crippen LogP contribution is 2.29. The molecule has 0 saturated carbocycles. The molecule has 1 amide bonds. The lowest BCUT2D eigenvalue weighted by molar-refractivity contribution is -0.127. The Morgan fingerprint density at radius 3 is 3.03 bits per heavy atom. The normalized spacial score (nSPS) is 16.7. The number of hydrogen-bond acceptors (Lipinski definition) is 5. The molecular formula is C23H26N6O. The monoisotopic (exact) mass is 402 g/mol. The molecule has 0 spiro atoms. The summed E-state index contributed by atoms with van der Waals surface area (Å²) < 4.78 is 0. The number of aromatic amines is 1. The zero-order chi connectivity index (χ0) is 20.9. The maximum Gasteiger partial charge on any atom is 0.246 e. The molecule has 7 nitrogen and oxygen atoms in total. The van der Waals surface area contributed by atoms with E-state index in [9.17, 15) is 4.79 Å². The number of nitrogens with one attached hydrogen (secondary N) is 2. The number of carbonyl (C=O) groups excluding carboxylic acids is 1. The molecule has 0 aliphatic carbocycles. The molecule has 3 aromatic rings. The quantitative estimate of drug-likeness (QED) is 0.631. The summed E-state index contributed by atoms with van der Waals surface area (Å²) in [6, 6.07) is 8.07. The zero-order valence-corrected chi connectivity index (χ0v) is 17.3. The lowest BCUT2D eigenvalue weighted by atomic mass is 9.93. The van der Waals surface area contributed by atoms with E-state index in [1.807, 2.05) is 36.9 Å². The third-order valence-corrected chi connectivity index (χ3v) is 5.32. The Balaban J connectivity index is 1.48. The van der Waals surface area contributed by atoms with E-state index in [0.29, 0.717) is 6.54 Å². The van der Waals surface area contributed by atoms with Gasteiger partial charge in [-0.1, -0.05) is 6.07 Å². The van der Waals surface area contributed by atoms with Gasteiger partial charge in [-0.05, 0) is 56.5 Å². The summed E-state index contributed by atoms with van der Waals surface area (Å²) in [5, 5.41) is 3.41. The number of pyridine rings is 2. The molecular weight excluding hydrogens is 376 g/mol. The maximum absolute atomic E-state index is 12.6. The lowest BCUT2D eigenvalue weighted by Gasteiger charge is -2.32. The highest BCUT2D eigenvalue weighted by molar-refractivity contribution is 5.91. The Morgan fingerprint density at radius 1 is 1.33 bits per heavy atom. The van der Waals surface area contributed by atoms with Crippen molar-refractivity contribution in [1.29, 1.82) is 0 Å². The molecule has 1 saturated heterocycles. The third kappa shape index (κ3) is 4.74. The minimum atomic E-state index is 0.0180. The van der Waals surface area contributed by atoms with E-state index in [1.54, 1.807) is 30.9 Å². The van der Waals surface area contributed by atoms with Crippen molar-refractivity contribution in [2.45, 2.75) is 32.6 Å². The number of anilines is 2. The number of piperidine rings is 1. The van der Waals surface area contributed by atoms with Gasteiger partial charge in [-0.25, -0.2) is 9.97 Å². The predicted octanol–water partition coefficient (Wildman–Crippen LogP) is 3.98. The van der Waals surface area contributed by atoms with Gasteiger partial charge >= 0.3 is 0 Å². The predicted molar refractivity (Wildman–Crippen MR) is 117 cm³/mol. The molecule has 154 valence electrons. The van der Waals surface area contributed by atoms with Gasteiger partial charge in [0.2, 0.25) is 5.91 Å². The number of hydrogen-bond donors (Lipinski definition) is 2. The molecule has 4 heterocycles. The van der Waals surface area contributed by atoms with Gasteiger partial charge in [0.25, 0.3) is 0 Å². The first-order chi connectivity index (χ1) is 14.6. The van der Waals surface area contributed by atoms with E-state index in [0.717, 1.165) is 53.5 Å². The number of likely N-dealkylation sites (tertiary alicyclic amines) is 1. The lowest BCUT2D eigenvalue weighted by Crippen LogP contribution is -2.38. The van der Waals surface area contributed by atoms with Gasteiger partial charge in [-0.15, -0.1) is 0 Å². The number of aryl methyl sites for hydroxylation is 2. The number of rotatable bonds is 5. The van der Waals surface area contributed by atoms with Crippen LogP contribution in [0, 0.1) is 13.8 Å². The van der Waals surface area contributed by atoms with Gasteiger partial charge in [0.05, 0.1) is 18.2 Å². The van der Waals surface area contributed by atoms with Crippen molar-refractivity contribution in [1.82, 2.24) is 24.8 Å². The minimum Gasteiger partial charge on any atom is -0.345 e. The van der Waals surface area contributed by atoms with Gasteiger partial charge in [0, 0.05) is 48.4 Å². The maximum atomic E-state index is 12.6. The Labute approximate surface area is 176 Å². The SMILES string of the molecule is Cc1cc(Nc2ncccc2C)cc(C2CCCN(C(=O)/C=C/c3cnc[nH]3)C2)n1. The summed E-state index contributed by atoms with van der Waals surface area (Å²) in [7, 11) is 0. The second-order valence-electron chi connectivity index (χ2n) is 7.68. The van der Waals surface area contributed by atoms with E-state index >= 15 is 0 Å². The van der Waals surface area contributed by atoms with Gasteiger partial charge in [-0.2, -0.15) is 0 Å². The van der Waals surface area contributed by atoms with Crippen LogP contribution in [0.3, 0.4) is 0 Å². The summed E-state index contributed by atoms with van der Waals surface area (Å²) in [4.78, 5) is 30.7. The van der Waals surface area contributed by atoms with Crippen LogP contribution in [-0.2, 0) is 4.79 Å². The second-order valence-corrected chi connectivity index (χ2v) is 7.68. The molecule has 4 rings (SSSR count). The molecule has 1 atom stereocenters. The third-order valence-electron chi connectivity index (χ3n) is 5.32. The standard InChI is InChI=1S/C23H26N6O/c1-16-5-3-9-25-23(16)28-20-11-17(2)27-21(12-20)18-6-4-10-29(14-18)22(30)8-7-19-13-24-15-26-19/h3,5,7-9,11-13,15,18H,4,6,10,14H2,1-2H3,(H,24,26)(H,25,27,28)/b8-7+. The smallest absolute Gasteiger partial charge is 0.246 e. The van der Waals surface area contributed by atoms with Crippen molar-refractivity contribution in [3.63, 3.8) is 0 Å². The molecule has 0 bridgehead atoms. The first-order valence-electron chi connectivity index (χ1n) is 10.2. The summed E-state index contributed by atoms with van der Waals surface area (Å²) in [6.07, 6.45) is 10.4.